The van der Waals surface area contributed by atoms with Gasteiger partial charge in [0.05, 0.1) is 0 Å². The Labute approximate surface area is 72.4 Å². The molecule has 0 saturated heterocycles. The van der Waals surface area contributed by atoms with Crippen LogP contribution < -0.4 is 0 Å². The van der Waals surface area contributed by atoms with Crippen molar-refractivity contribution in [3.63, 3.8) is 0 Å². The summed E-state index contributed by atoms with van der Waals surface area (Å²) in [4.78, 5) is 0. The van der Waals surface area contributed by atoms with Gasteiger partial charge >= 0.3 is 0 Å². The van der Waals surface area contributed by atoms with E-state index in [9.17, 15) is 8.78 Å². The first-order valence-electron chi connectivity index (χ1n) is 3.15. The third kappa shape index (κ3) is 1.77. The van der Waals surface area contributed by atoms with E-state index < -0.39 is 11.6 Å². The van der Waals surface area contributed by atoms with E-state index >= 15 is 0 Å². The van der Waals surface area contributed by atoms with Gasteiger partial charge in [-0.15, -0.1) is 0 Å². The van der Waals surface area contributed by atoms with Gasteiger partial charge in [0.15, 0.2) is 0 Å². The fraction of sp³-hybridized carbons (Fsp3) is 0.250. The predicted octanol–water partition coefficient (Wildman–Crippen LogP) is 3.17. The summed E-state index contributed by atoms with van der Waals surface area (Å²) in [6.45, 7) is 1.42. The van der Waals surface area contributed by atoms with Crippen molar-refractivity contribution in [3.8, 4) is 0 Å². The molecule has 1 rings (SSSR count). The van der Waals surface area contributed by atoms with E-state index in [0.717, 1.165) is 0 Å². The molecule has 0 heterocycles. The van der Waals surface area contributed by atoms with Crippen molar-refractivity contribution in [1.29, 1.82) is 0 Å². The second-order valence-electron chi connectivity index (χ2n) is 2.32. The van der Waals surface area contributed by atoms with Gasteiger partial charge in [-0.2, -0.15) is 0 Å². The molecule has 0 aromatic heterocycles. The van der Waals surface area contributed by atoms with Gasteiger partial charge in [0.25, 0.3) is 0 Å². The molecule has 11 heavy (non-hydrogen) atoms. The van der Waals surface area contributed by atoms with Crippen LogP contribution in [0.2, 0.25) is 0 Å². The van der Waals surface area contributed by atoms with Gasteiger partial charge in [-0.05, 0) is 24.6 Å². The van der Waals surface area contributed by atoms with Crippen molar-refractivity contribution in [1.82, 2.24) is 0 Å². The van der Waals surface area contributed by atoms with E-state index in [-0.39, 0.29) is 5.56 Å². The highest BCUT2D eigenvalue weighted by Gasteiger charge is 2.04. The molecule has 0 atom stereocenters. The maximum absolute atomic E-state index is 12.8. The van der Waals surface area contributed by atoms with Crippen LogP contribution in [0.15, 0.2) is 12.1 Å². The zero-order valence-electron chi connectivity index (χ0n) is 6.00. The van der Waals surface area contributed by atoms with E-state index in [4.69, 9.17) is 0 Å². The molecule has 0 N–H and O–H groups in total. The molecule has 0 amide bonds. The second-order valence-corrected chi connectivity index (χ2v) is 2.88. The van der Waals surface area contributed by atoms with Crippen LogP contribution in [0.4, 0.5) is 8.78 Å². The van der Waals surface area contributed by atoms with Crippen molar-refractivity contribution in [3.05, 3.63) is 34.9 Å². The number of benzene rings is 1. The Morgan fingerprint density at radius 3 is 2.09 bits per heavy atom. The zero-order valence-corrected chi connectivity index (χ0v) is 7.58. The quantitative estimate of drug-likeness (QED) is 0.639. The first-order chi connectivity index (χ1) is 5.15. The first kappa shape index (κ1) is 8.65. The molecule has 1 aromatic rings. The molecule has 0 aliphatic carbocycles. The first-order valence-corrected chi connectivity index (χ1v) is 4.27. The molecule has 3 heteroatoms. The fourth-order valence-electron chi connectivity index (χ4n) is 0.775. The fourth-order valence-corrected chi connectivity index (χ4v) is 1.10. The summed E-state index contributed by atoms with van der Waals surface area (Å²) in [5.74, 6) is -0.973. The van der Waals surface area contributed by atoms with E-state index in [1.165, 1.54) is 19.1 Å². The smallest absolute Gasteiger partial charge is 0.129 e. The molecule has 0 nitrogen and oxygen atoms in total. The van der Waals surface area contributed by atoms with Gasteiger partial charge in [0.2, 0.25) is 0 Å². The van der Waals surface area contributed by atoms with Crippen molar-refractivity contribution in [2.75, 3.05) is 0 Å². The standard InChI is InChI=1S/C8H7BrF2/c1-5-7(10)2-6(4-9)3-8(5)11/h2-3H,4H2,1H3. The lowest BCUT2D eigenvalue weighted by atomic mass is 10.1. The number of halogens is 3. The number of alkyl halides is 1. The Morgan fingerprint density at radius 1 is 1.27 bits per heavy atom. The van der Waals surface area contributed by atoms with Crippen molar-refractivity contribution in [2.24, 2.45) is 0 Å². The summed E-state index contributed by atoms with van der Waals surface area (Å²) in [5, 5.41) is 0.473. The maximum Gasteiger partial charge on any atom is 0.129 e. The van der Waals surface area contributed by atoms with Crippen molar-refractivity contribution < 1.29 is 8.78 Å². The largest absolute Gasteiger partial charge is 0.207 e. The molecule has 0 aliphatic rings. The Kier molecular flexibility index (Phi) is 2.60. The zero-order chi connectivity index (χ0) is 8.43. The summed E-state index contributed by atoms with van der Waals surface area (Å²) in [7, 11) is 0. The number of hydrogen-bond donors (Lipinski definition) is 0. The van der Waals surface area contributed by atoms with Crippen LogP contribution in [0, 0.1) is 18.6 Å². The van der Waals surface area contributed by atoms with Crippen LogP contribution in [-0.2, 0) is 5.33 Å². The normalized spacial score (nSPS) is 10.2. The van der Waals surface area contributed by atoms with Gasteiger partial charge in [0.1, 0.15) is 11.6 Å². The van der Waals surface area contributed by atoms with E-state index in [0.29, 0.717) is 10.9 Å². The summed E-state index contributed by atoms with van der Waals surface area (Å²) in [6.07, 6.45) is 0. The summed E-state index contributed by atoms with van der Waals surface area (Å²) in [6, 6.07) is 2.65. The molecule has 0 unspecified atom stereocenters. The van der Waals surface area contributed by atoms with Crippen LogP contribution in [0.1, 0.15) is 11.1 Å². The van der Waals surface area contributed by atoms with Gasteiger partial charge in [0, 0.05) is 10.9 Å². The molecule has 60 valence electrons. The third-order valence-electron chi connectivity index (χ3n) is 1.50. The molecule has 1 aromatic carbocycles. The predicted molar refractivity (Wildman–Crippen MR) is 43.7 cm³/mol. The highest BCUT2D eigenvalue weighted by molar-refractivity contribution is 9.08. The lowest BCUT2D eigenvalue weighted by Gasteiger charge is -2.00. The highest BCUT2D eigenvalue weighted by Crippen LogP contribution is 2.15. The molecule has 0 aliphatic heterocycles. The van der Waals surface area contributed by atoms with Crippen LogP contribution >= 0.6 is 15.9 Å². The molecule has 0 spiro atoms. The number of hydrogen-bond acceptors (Lipinski definition) is 0. The lowest BCUT2D eigenvalue weighted by Crippen LogP contribution is -1.90. The Hall–Kier alpha value is -0.440. The number of rotatable bonds is 1. The summed E-state index contributed by atoms with van der Waals surface area (Å²) >= 11 is 3.12. The van der Waals surface area contributed by atoms with E-state index in [1.807, 2.05) is 0 Å². The third-order valence-corrected chi connectivity index (χ3v) is 2.14. The average Bonchev–Trinajstić information content (AvgIpc) is 1.99. The van der Waals surface area contributed by atoms with Gasteiger partial charge in [-0.1, -0.05) is 15.9 Å². The van der Waals surface area contributed by atoms with Crippen LogP contribution in [0.25, 0.3) is 0 Å². The average molecular weight is 221 g/mol. The molecular weight excluding hydrogens is 214 g/mol. The van der Waals surface area contributed by atoms with Gasteiger partial charge in [-0.3, -0.25) is 0 Å². The lowest BCUT2D eigenvalue weighted by molar-refractivity contribution is 0.566. The summed E-state index contributed by atoms with van der Waals surface area (Å²) in [5.41, 5.74) is 0.695. The molecule has 0 bridgehead atoms. The van der Waals surface area contributed by atoms with Crippen molar-refractivity contribution >= 4 is 15.9 Å². The molecule has 0 saturated carbocycles. The minimum Gasteiger partial charge on any atom is -0.207 e. The Morgan fingerprint density at radius 2 is 1.73 bits per heavy atom. The minimum atomic E-state index is -0.487. The summed E-state index contributed by atoms with van der Waals surface area (Å²) < 4.78 is 25.5. The second kappa shape index (κ2) is 3.30. The molecule has 0 radical (unpaired) electrons. The Bertz CT molecular complexity index is 248. The topological polar surface area (TPSA) is 0 Å². The van der Waals surface area contributed by atoms with E-state index in [1.54, 1.807) is 0 Å². The van der Waals surface area contributed by atoms with Gasteiger partial charge < -0.3 is 0 Å². The minimum absolute atomic E-state index is 0.0784. The SMILES string of the molecule is Cc1c(F)cc(CBr)cc1F. The van der Waals surface area contributed by atoms with Gasteiger partial charge in [-0.25, -0.2) is 8.78 Å². The highest BCUT2D eigenvalue weighted by atomic mass is 79.9. The van der Waals surface area contributed by atoms with Crippen molar-refractivity contribution in [2.45, 2.75) is 12.3 Å². The monoisotopic (exact) mass is 220 g/mol. The maximum atomic E-state index is 12.8. The van der Waals surface area contributed by atoms with E-state index in [2.05, 4.69) is 15.9 Å². The molecule has 0 fully saturated rings. The van der Waals surface area contributed by atoms with Crippen LogP contribution in [0.3, 0.4) is 0 Å². The van der Waals surface area contributed by atoms with Crippen LogP contribution in [0.5, 0.6) is 0 Å². The van der Waals surface area contributed by atoms with Crippen LogP contribution in [-0.4, -0.2) is 0 Å². The molecular formula is C8H7BrF2. The Balaban J connectivity index is 3.21.